The van der Waals surface area contributed by atoms with Crippen LogP contribution in [0.4, 0.5) is 14.9 Å². The molecule has 0 saturated carbocycles. The van der Waals surface area contributed by atoms with Gasteiger partial charge in [-0.05, 0) is 43.7 Å². The molecule has 0 saturated heterocycles. The summed E-state index contributed by atoms with van der Waals surface area (Å²) in [6, 6.07) is 10.7. The monoisotopic (exact) mass is 463 g/mol. The van der Waals surface area contributed by atoms with Crippen molar-refractivity contribution < 1.29 is 23.5 Å². The van der Waals surface area contributed by atoms with Crippen LogP contribution < -0.4 is 21.1 Å². The second-order valence-corrected chi connectivity index (χ2v) is 7.62. The number of benzene rings is 2. The van der Waals surface area contributed by atoms with Crippen molar-refractivity contribution in [2.45, 2.75) is 32.8 Å². The molecule has 2 aromatic rings. The number of ether oxygens (including phenoxy) is 2. The summed E-state index contributed by atoms with van der Waals surface area (Å²) >= 11 is 5.93. The lowest BCUT2D eigenvalue weighted by molar-refractivity contribution is -0.124. The van der Waals surface area contributed by atoms with Gasteiger partial charge in [-0.3, -0.25) is 15.0 Å². The molecule has 2 aromatic carbocycles. The van der Waals surface area contributed by atoms with E-state index in [1.807, 2.05) is 0 Å². The molecule has 11 heteroatoms. The van der Waals surface area contributed by atoms with Crippen molar-refractivity contribution in [2.24, 2.45) is 10.7 Å². The van der Waals surface area contributed by atoms with Crippen molar-refractivity contribution in [1.29, 1.82) is 0 Å². The second-order valence-electron chi connectivity index (χ2n) is 7.18. The molecule has 1 heterocycles. The van der Waals surface area contributed by atoms with Crippen LogP contribution in [0.5, 0.6) is 5.75 Å². The Balaban J connectivity index is 1.86. The zero-order chi connectivity index (χ0) is 23.3. The first-order chi connectivity index (χ1) is 15.2. The van der Waals surface area contributed by atoms with Crippen LogP contribution in [0, 0.1) is 5.82 Å². The lowest BCUT2D eigenvalue weighted by atomic mass is 10.2. The van der Waals surface area contributed by atoms with Crippen LogP contribution >= 0.6 is 11.6 Å². The number of amides is 3. The molecule has 0 bridgehead atoms. The number of nitrogens with zero attached hydrogens (tertiary/aromatic N) is 2. The van der Waals surface area contributed by atoms with Crippen LogP contribution in [0.25, 0.3) is 0 Å². The van der Waals surface area contributed by atoms with Gasteiger partial charge in [0.05, 0.1) is 12.6 Å². The fourth-order valence-electron chi connectivity index (χ4n) is 2.81. The van der Waals surface area contributed by atoms with Crippen LogP contribution in [0.1, 0.15) is 19.4 Å². The maximum atomic E-state index is 14.4. The Bertz CT molecular complexity index is 1020. The average molecular weight is 464 g/mol. The summed E-state index contributed by atoms with van der Waals surface area (Å²) in [5.41, 5.74) is 6.21. The summed E-state index contributed by atoms with van der Waals surface area (Å²) in [4.78, 5) is 29.4. The predicted molar refractivity (Wildman–Crippen MR) is 118 cm³/mol. The van der Waals surface area contributed by atoms with Gasteiger partial charge in [0.25, 0.3) is 0 Å². The fraction of sp³-hybridized carbons (Fsp3) is 0.286. The van der Waals surface area contributed by atoms with E-state index >= 15 is 0 Å². The molecular weight excluding hydrogens is 441 g/mol. The SMILES string of the molecule is CC(C)Oc1ccc(NC2=NC(OCC(N)=O)NC(=O)N2Cc2ccc(Cl)cc2)cc1F. The third kappa shape index (κ3) is 6.32. The maximum Gasteiger partial charge on any atom is 0.328 e. The topological polar surface area (TPSA) is 118 Å². The number of nitrogens with one attached hydrogen (secondary N) is 2. The van der Waals surface area contributed by atoms with Gasteiger partial charge in [0.2, 0.25) is 18.2 Å². The van der Waals surface area contributed by atoms with Crippen molar-refractivity contribution >= 4 is 35.2 Å². The molecule has 1 aliphatic rings. The minimum atomic E-state index is -1.15. The molecule has 0 fully saturated rings. The third-order valence-corrected chi connectivity index (χ3v) is 4.43. The molecule has 170 valence electrons. The molecule has 32 heavy (non-hydrogen) atoms. The molecule has 0 radical (unpaired) electrons. The van der Waals surface area contributed by atoms with E-state index in [0.29, 0.717) is 10.7 Å². The summed E-state index contributed by atoms with van der Waals surface area (Å²) in [6.07, 6.45) is -1.33. The first kappa shape index (κ1) is 23.3. The number of guanidine groups is 1. The highest BCUT2D eigenvalue weighted by atomic mass is 35.5. The quantitative estimate of drug-likeness (QED) is 0.556. The van der Waals surface area contributed by atoms with E-state index in [2.05, 4.69) is 15.6 Å². The van der Waals surface area contributed by atoms with Gasteiger partial charge in [-0.15, -0.1) is 0 Å². The summed E-state index contributed by atoms with van der Waals surface area (Å²) in [5, 5.41) is 6.01. The predicted octanol–water partition coefficient (Wildman–Crippen LogP) is 3.05. The number of nitrogens with two attached hydrogens (primary N) is 1. The van der Waals surface area contributed by atoms with Gasteiger partial charge in [0.1, 0.15) is 6.61 Å². The zero-order valence-electron chi connectivity index (χ0n) is 17.5. The van der Waals surface area contributed by atoms with Gasteiger partial charge in [-0.2, -0.15) is 4.99 Å². The van der Waals surface area contributed by atoms with E-state index in [0.717, 1.165) is 5.56 Å². The molecule has 3 amide bonds. The molecule has 9 nitrogen and oxygen atoms in total. The van der Waals surface area contributed by atoms with E-state index < -0.39 is 30.7 Å². The maximum absolute atomic E-state index is 14.4. The van der Waals surface area contributed by atoms with Crippen LogP contribution in [-0.2, 0) is 16.1 Å². The van der Waals surface area contributed by atoms with E-state index in [4.69, 9.17) is 26.8 Å². The first-order valence-corrected chi connectivity index (χ1v) is 10.1. The molecule has 1 aliphatic heterocycles. The highest BCUT2D eigenvalue weighted by Crippen LogP contribution is 2.23. The Kier molecular flexibility index (Phi) is 7.49. The highest BCUT2D eigenvalue weighted by molar-refractivity contribution is 6.30. The number of hydrogen-bond donors (Lipinski definition) is 3. The Morgan fingerprint density at radius 3 is 2.66 bits per heavy atom. The van der Waals surface area contributed by atoms with Crippen LogP contribution in [0.15, 0.2) is 47.5 Å². The van der Waals surface area contributed by atoms with Gasteiger partial charge in [-0.25, -0.2) is 9.18 Å². The van der Waals surface area contributed by atoms with Crippen LogP contribution in [0.2, 0.25) is 5.02 Å². The number of carbonyl (C=O) groups excluding carboxylic acids is 2. The average Bonchev–Trinajstić information content (AvgIpc) is 2.72. The largest absolute Gasteiger partial charge is 0.488 e. The van der Waals surface area contributed by atoms with Gasteiger partial charge < -0.3 is 20.5 Å². The second kappa shape index (κ2) is 10.3. The standard InChI is InChI=1S/C21H23ClFN5O4/c1-12(2)32-17-8-7-15(9-16(17)23)25-19-26-20(31-11-18(24)29)27-21(30)28(19)10-13-3-5-14(22)6-4-13/h3-9,12,20H,10-11H2,1-2H3,(H2,24,29)(H,25,26)(H,27,30). The number of rotatable bonds is 8. The molecule has 0 aliphatic carbocycles. The number of aliphatic imine (C=N–C) groups is 1. The van der Waals surface area contributed by atoms with Crippen LogP contribution in [-0.4, -0.2) is 41.9 Å². The van der Waals surface area contributed by atoms with E-state index in [-0.39, 0.29) is 24.4 Å². The Morgan fingerprint density at radius 1 is 1.31 bits per heavy atom. The number of primary amides is 1. The van der Waals surface area contributed by atoms with E-state index in [1.54, 1.807) is 44.2 Å². The minimum absolute atomic E-state index is 0.0927. The van der Waals surface area contributed by atoms with Gasteiger partial charge in [0, 0.05) is 16.8 Å². The van der Waals surface area contributed by atoms with Gasteiger partial charge in [-0.1, -0.05) is 23.7 Å². The number of urea groups is 1. The molecule has 3 rings (SSSR count). The number of hydrogen-bond acceptors (Lipinski definition) is 6. The van der Waals surface area contributed by atoms with Crippen molar-refractivity contribution in [3.63, 3.8) is 0 Å². The summed E-state index contributed by atoms with van der Waals surface area (Å²) in [5.74, 6) is -1.09. The number of halogens is 2. The molecular formula is C21H23ClFN5O4. The molecule has 0 spiro atoms. The van der Waals surface area contributed by atoms with Crippen molar-refractivity contribution in [3.05, 3.63) is 58.9 Å². The molecule has 0 aromatic heterocycles. The van der Waals surface area contributed by atoms with E-state index in [1.165, 1.54) is 17.0 Å². The summed E-state index contributed by atoms with van der Waals surface area (Å²) in [7, 11) is 0. The smallest absolute Gasteiger partial charge is 0.328 e. The van der Waals surface area contributed by atoms with Gasteiger partial charge >= 0.3 is 6.03 Å². The lowest BCUT2D eigenvalue weighted by Crippen LogP contribution is -2.55. The van der Waals surface area contributed by atoms with Crippen molar-refractivity contribution in [3.8, 4) is 5.75 Å². The first-order valence-electron chi connectivity index (χ1n) is 9.74. The Labute approximate surface area is 189 Å². The Hall–Kier alpha value is -3.37. The van der Waals surface area contributed by atoms with E-state index in [9.17, 15) is 14.0 Å². The van der Waals surface area contributed by atoms with Crippen LogP contribution in [0.3, 0.4) is 0 Å². The third-order valence-electron chi connectivity index (χ3n) is 4.18. The fourth-order valence-corrected chi connectivity index (χ4v) is 2.93. The van der Waals surface area contributed by atoms with Crippen molar-refractivity contribution in [2.75, 3.05) is 11.9 Å². The van der Waals surface area contributed by atoms with Crippen molar-refractivity contribution in [1.82, 2.24) is 10.2 Å². The molecule has 4 N–H and O–H groups in total. The number of carbonyl (C=O) groups is 2. The summed E-state index contributed by atoms with van der Waals surface area (Å²) < 4.78 is 25.0. The lowest BCUT2D eigenvalue weighted by Gasteiger charge is -2.32. The molecule has 1 unspecified atom stereocenters. The minimum Gasteiger partial charge on any atom is -0.488 e. The molecule has 1 atom stereocenters. The highest BCUT2D eigenvalue weighted by Gasteiger charge is 2.29. The number of anilines is 1. The normalized spacial score (nSPS) is 15.9. The van der Waals surface area contributed by atoms with Gasteiger partial charge in [0.15, 0.2) is 11.6 Å². The Morgan fingerprint density at radius 2 is 2.03 bits per heavy atom. The summed E-state index contributed by atoms with van der Waals surface area (Å²) in [6.45, 7) is 3.30. The zero-order valence-corrected chi connectivity index (χ0v) is 18.2.